The molecule has 0 amide bonds. The van der Waals surface area contributed by atoms with Crippen LogP contribution in [0.15, 0.2) is 0 Å². The number of aliphatic hydroxyl groups is 4. The van der Waals surface area contributed by atoms with Crippen molar-refractivity contribution < 1.29 is 35.5 Å². The largest absolute Gasteiger partial charge is 0.631 e. The van der Waals surface area contributed by atoms with Crippen LogP contribution in [0.4, 0.5) is 0 Å². The Hall–Kier alpha value is -0.295. The van der Waals surface area contributed by atoms with Gasteiger partial charge >= 0.3 is 7.32 Å². The van der Waals surface area contributed by atoms with Crippen LogP contribution in [0, 0.1) is 0 Å². The molecule has 0 saturated heterocycles. The maximum atomic E-state index is 8.86. The normalized spacial score (nSPS) is 10.8. The zero-order valence-corrected chi connectivity index (χ0v) is 25.0. The fourth-order valence-corrected chi connectivity index (χ4v) is 4.18. The summed E-state index contributed by atoms with van der Waals surface area (Å²) in [7, 11) is -2.17. The highest BCUT2D eigenvalue weighted by molar-refractivity contribution is 6.30. The Morgan fingerprint density at radius 3 is 0.789 bits per heavy atom. The van der Waals surface area contributed by atoms with E-state index in [4.69, 9.17) is 35.5 Å². The van der Waals surface area contributed by atoms with Crippen LogP contribution in [-0.2, 0) is 0 Å². The fraction of sp³-hybridized carbons (Fsp3) is 1.00. The van der Waals surface area contributed by atoms with Gasteiger partial charge in [-0.2, -0.15) is 0 Å². The number of nitrogens with zero attached hydrogens (tertiary/aromatic N) is 2. The van der Waals surface area contributed by atoms with Gasteiger partial charge in [-0.15, -0.1) is 0 Å². The number of hydrogen-bond donors (Lipinski definition) is 7. The molecule has 7 N–H and O–H groups in total. The topological polar surface area (TPSA) is 148 Å². The van der Waals surface area contributed by atoms with E-state index in [0.717, 1.165) is 13.1 Å². The van der Waals surface area contributed by atoms with Crippen molar-refractivity contribution in [1.82, 2.24) is 9.80 Å². The highest BCUT2D eigenvalue weighted by atomic mass is 16.5. The Labute approximate surface area is 235 Å². The lowest BCUT2D eigenvalue weighted by Crippen LogP contribution is -2.30. The minimum Gasteiger partial charge on any atom is -0.402 e. The molecule has 0 aromatic rings. The Morgan fingerprint density at radius 2 is 0.579 bits per heavy atom. The van der Waals surface area contributed by atoms with Crippen molar-refractivity contribution in [3.63, 3.8) is 0 Å². The zero-order chi connectivity index (χ0) is 29.1. The highest BCUT2D eigenvalue weighted by Crippen LogP contribution is 2.09. The molecule has 10 heteroatoms. The number of hydrogen-bond acceptors (Lipinski definition) is 9. The molecule has 0 saturated carbocycles. The molecule has 9 nitrogen and oxygen atoms in total. The van der Waals surface area contributed by atoms with Gasteiger partial charge in [0.25, 0.3) is 0 Å². The number of aliphatic hydroxyl groups excluding tert-OH is 4. The molecular formula is C28H65BN2O7. The highest BCUT2D eigenvalue weighted by Gasteiger charge is 2.03. The van der Waals surface area contributed by atoms with Crippen molar-refractivity contribution in [2.45, 2.75) is 117 Å². The molecule has 0 spiro atoms. The van der Waals surface area contributed by atoms with E-state index in [2.05, 4.69) is 23.6 Å². The van der Waals surface area contributed by atoms with E-state index in [0.29, 0.717) is 26.2 Å². The molecule has 0 bridgehead atoms. The summed E-state index contributed by atoms with van der Waals surface area (Å²) < 4.78 is 0. The minimum atomic E-state index is -2.17. The van der Waals surface area contributed by atoms with Crippen molar-refractivity contribution in [2.75, 3.05) is 65.7 Å². The maximum Gasteiger partial charge on any atom is 0.631 e. The molecule has 232 valence electrons. The summed E-state index contributed by atoms with van der Waals surface area (Å²) in [5, 5.41) is 57.0. The summed E-state index contributed by atoms with van der Waals surface area (Å²) in [6.07, 6.45) is 21.2. The number of unbranched alkanes of at least 4 members (excludes halogenated alkanes) is 14. The Morgan fingerprint density at radius 1 is 0.368 bits per heavy atom. The van der Waals surface area contributed by atoms with E-state index in [1.54, 1.807) is 0 Å². The van der Waals surface area contributed by atoms with E-state index >= 15 is 0 Å². The van der Waals surface area contributed by atoms with Gasteiger partial charge in [-0.05, 0) is 25.9 Å². The van der Waals surface area contributed by atoms with Crippen LogP contribution in [0.2, 0.25) is 0 Å². The first-order valence-electron chi connectivity index (χ1n) is 15.4. The van der Waals surface area contributed by atoms with Crippen LogP contribution in [0.3, 0.4) is 0 Å². The molecule has 0 fully saturated rings. The molecule has 0 heterocycles. The maximum absolute atomic E-state index is 8.86. The Bertz CT molecular complexity index is 353. The van der Waals surface area contributed by atoms with Crippen LogP contribution < -0.4 is 0 Å². The van der Waals surface area contributed by atoms with Crippen molar-refractivity contribution >= 4 is 7.32 Å². The standard InChI is InChI=1S/2C14H31NO2.BH3O3/c2*1-2-3-4-5-6-7-8-9-10-15(11-13-16)12-14-17;2-1(3)4/h2*16-17H,2-14H2,1H3;2-4H. The van der Waals surface area contributed by atoms with Crippen LogP contribution in [-0.4, -0.2) is 118 Å². The summed E-state index contributed by atoms with van der Waals surface area (Å²) in [6, 6.07) is 0. The summed E-state index contributed by atoms with van der Waals surface area (Å²) in [5.74, 6) is 0. The predicted octanol–water partition coefficient (Wildman–Crippen LogP) is 2.78. The molecule has 0 atom stereocenters. The SMILES string of the molecule is CCCCCCCCCCN(CCO)CCO.CCCCCCCCCCN(CCO)CCO.OB(O)O. The smallest absolute Gasteiger partial charge is 0.402 e. The van der Waals surface area contributed by atoms with E-state index in [-0.39, 0.29) is 26.4 Å². The van der Waals surface area contributed by atoms with Crippen molar-refractivity contribution in [3.8, 4) is 0 Å². The lowest BCUT2D eigenvalue weighted by Gasteiger charge is -2.19. The van der Waals surface area contributed by atoms with E-state index < -0.39 is 7.32 Å². The van der Waals surface area contributed by atoms with E-state index in [9.17, 15) is 0 Å². The van der Waals surface area contributed by atoms with Gasteiger partial charge in [0.15, 0.2) is 0 Å². The molecule has 0 aliphatic carbocycles. The Balaban J connectivity index is -0.000000564. The molecule has 0 radical (unpaired) electrons. The fourth-order valence-electron chi connectivity index (χ4n) is 4.18. The summed E-state index contributed by atoms with van der Waals surface area (Å²) in [4.78, 5) is 4.27. The van der Waals surface area contributed by atoms with Gasteiger partial charge in [0, 0.05) is 26.2 Å². The predicted molar refractivity (Wildman–Crippen MR) is 159 cm³/mol. The van der Waals surface area contributed by atoms with Gasteiger partial charge in [0.1, 0.15) is 0 Å². The lowest BCUT2D eigenvalue weighted by atomic mass is 10.1. The van der Waals surface area contributed by atoms with Gasteiger partial charge in [-0.1, -0.05) is 104 Å². The van der Waals surface area contributed by atoms with Crippen molar-refractivity contribution in [3.05, 3.63) is 0 Å². The number of rotatable bonds is 26. The van der Waals surface area contributed by atoms with Crippen LogP contribution in [0.25, 0.3) is 0 Å². The minimum absolute atomic E-state index is 0.191. The van der Waals surface area contributed by atoms with Gasteiger partial charge in [0.2, 0.25) is 0 Å². The molecule has 0 rings (SSSR count). The van der Waals surface area contributed by atoms with E-state index in [1.165, 1.54) is 103 Å². The average molecular weight is 553 g/mol. The van der Waals surface area contributed by atoms with Crippen LogP contribution in [0.1, 0.15) is 117 Å². The second-order valence-corrected chi connectivity index (χ2v) is 9.87. The first-order chi connectivity index (χ1) is 18.4. The first-order valence-corrected chi connectivity index (χ1v) is 15.4. The van der Waals surface area contributed by atoms with Crippen molar-refractivity contribution in [2.24, 2.45) is 0 Å². The quantitative estimate of drug-likeness (QED) is 0.0636. The molecule has 0 aliphatic heterocycles. The molecular weight excluding hydrogens is 487 g/mol. The second-order valence-electron chi connectivity index (χ2n) is 9.87. The molecule has 0 unspecified atom stereocenters. The van der Waals surface area contributed by atoms with Gasteiger partial charge in [-0.25, -0.2) is 0 Å². The van der Waals surface area contributed by atoms with Gasteiger partial charge in [-0.3, -0.25) is 9.80 Å². The molecule has 0 aromatic carbocycles. The molecule has 38 heavy (non-hydrogen) atoms. The zero-order valence-electron chi connectivity index (χ0n) is 25.0. The summed E-state index contributed by atoms with van der Waals surface area (Å²) in [5.41, 5.74) is 0. The summed E-state index contributed by atoms with van der Waals surface area (Å²) >= 11 is 0. The Kier molecular flexibility index (Phi) is 43.1. The third-order valence-corrected chi connectivity index (χ3v) is 6.32. The monoisotopic (exact) mass is 552 g/mol. The van der Waals surface area contributed by atoms with Crippen LogP contribution >= 0.6 is 0 Å². The molecule has 0 aromatic heterocycles. The third kappa shape index (κ3) is 42.8. The van der Waals surface area contributed by atoms with Crippen molar-refractivity contribution in [1.29, 1.82) is 0 Å². The summed E-state index contributed by atoms with van der Waals surface area (Å²) in [6.45, 7) is 10.0. The first kappa shape index (κ1) is 42.2. The lowest BCUT2D eigenvalue weighted by molar-refractivity contribution is 0.158. The second kappa shape index (κ2) is 38.9. The third-order valence-electron chi connectivity index (χ3n) is 6.32. The van der Waals surface area contributed by atoms with Gasteiger partial charge < -0.3 is 35.5 Å². The van der Waals surface area contributed by atoms with Crippen LogP contribution in [0.5, 0.6) is 0 Å². The molecule has 0 aliphatic rings. The van der Waals surface area contributed by atoms with E-state index in [1.807, 2.05) is 0 Å². The van der Waals surface area contributed by atoms with Gasteiger partial charge in [0.05, 0.1) is 26.4 Å². The average Bonchev–Trinajstić information content (AvgIpc) is 2.88.